The van der Waals surface area contributed by atoms with E-state index in [1.165, 1.54) is 35.8 Å². The minimum Gasteiger partial charge on any atom is -0.379 e. The molecular formula is C21H33BrN4O. The topological polar surface area (TPSA) is 48.9 Å². The van der Waals surface area contributed by atoms with Crippen LogP contribution in [0.4, 0.5) is 0 Å². The summed E-state index contributed by atoms with van der Waals surface area (Å²) in [7, 11) is 0. The van der Waals surface area contributed by atoms with Crippen LogP contribution in [0.2, 0.25) is 0 Å². The normalized spacial score (nSPS) is 19.7. The zero-order valence-electron chi connectivity index (χ0n) is 16.5. The van der Waals surface area contributed by atoms with E-state index in [-0.39, 0.29) is 5.41 Å². The summed E-state index contributed by atoms with van der Waals surface area (Å²) in [4.78, 5) is 7.40. The maximum atomic E-state index is 5.40. The van der Waals surface area contributed by atoms with Crippen LogP contribution in [-0.4, -0.2) is 63.3 Å². The summed E-state index contributed by atoms with van der Waals surface area (Å²) in [5.41, 5.74) is 1.62. The molecule has 0 aromatic heterocycles. The maximum absolute atomic E-state index is 5.40. The van der Waals surface area contributed by atoms with Crippen LogP contribution in [0.5, 0.6) is 0 Å². The van der Waals surface area contributed by atoms with Crippen LogP contribution in [0.25, 0.3) is 0 Å². The van der Waals surface area contributed by atoms with Gasteiger partial charge in [0.25, 0.3) is 0 Å². The Bertz CT molecular complexity index is 612. The third kappa shape index (κ3) is 6.19. The lowest BCUT2D eigenvalue weighted by atomic mass is 9.96. The minimum absolute atomic E-state index is 0.221. The quantitative estimate of drug-likeness (QED) is 0.354. The number of rotatable bonds is 9. The van der Waals surface area contributed by atoms with Crippen LogP contribution in [0.1, 0.15) is 38.2 Å². The number of guanidine groups is 1. The Morgan fingerprint density at radius 1 is 1.19 bits per heavy atom. The second kappa shape index (κ2) is 10.4. The second-order valence-electron chi connectivity index (χ2n) is 7.54. The van der Waals surface area contributed by atoms with E-state index in [2.05, 4.69) is 62.7 Å². The van der Waals surface area contributed by atoms with E-state index < -0.39 is 0 Å². The molecule has 0 bridgehead atoms. The number of benzene rings is 1. The molecule has 0 amide bonds. The number of halogens is 1. The first-order valence-corrected chi connectivity index (χ1v) is 11.1. The van der Waals surface area contributed by atoms with Crippen molar-refractivity contribution in [1.82, 2.24) is 15.5 Å². The van der Waals surface area contributed by atoms with Crippen molar-refractivity contribution in [3.05, 3.63) is 34.3 Å². The molecule has 1 aliphatic heterocycles. The molecule has 1 saturated carbocycles. The fourth-order valence-corrected chi connectivity index (χ4v) is 4.32. The van der Waals surface area contributed by atoms with Crippen molar-refractivity contribution in [3.8, 4) is 0 Å². The summed E-state index contributed by atoms with van der Waals surface area (Å²) in [5.74, 6) is 0.946. The summed E-state index contributed by atoms with van der Waals surface area (Å²) < 4.78 is 6.61. The Balaban J connectivity index is 1.43. The minimum atomic E-state index is 0.221. The highest BCUT2D eigenvalue weighted by Gasteiger charge is 2.45. The lowest BCUT2D eigenvalue weighted by Gasteiger charge is -2.26. The first kappa shape index (κ1) is 20.6. The summed E-state index contributed by atoms with van der Waals surface area (Å²) in [6.07, 6.45) is 4.82. The Morgan fingerprint density at radius 2 is 1.96 bits per heavy atom. The van der Waals surface area contributed by atoms with Gasteiger partial charge in [-0.05, 0) is 50.8 Å². The molecule has 2 N–H and O–H groups in total. The van der Waals surface area contributed by atoms with Gasteiger partial charge in [0, 0.05) is 36.1 Å². The van der Waals surface area contributed by atoms with Gasteiger partial charge in [-0.1, -0.05) is 34.1 Å². The highest BCUT2D eigenvalue weighted by molar-refractivity contribution is 9.10. The Hall–Kier alpha value is -1.11. The molecule has 2 fully saturated rings. The summed E-state index contributed by atoms with van der Waals surface area (Å²) in [5, 5.41) is 6.90. The average molecular weight is 437 g/mol. The van der Waals surface area contributed by atoms with Crippen LogP contribution in [0.3, 0.4) is 0 Å². The van der Waals surface area contributed by atoms with Crippen molar-refractivity contribution < 1.29 is 4.74 Å². The number of nitrogens with one attached hydrogen (secondary N) is 2. The molecule has 1 aliphatic carbocycles. The van der Waals surface area contributed by atoms with Gasteiger partial charge in [0.15, 0.2) is 5.96 Å². The van der Waals surface area contributed by atoms with Crippen molar-refractivity contribution in [3.63, 3.8) is 0 Å². The van der Waals surface area contributed by atoms with Gasteiger partial charge in [-0.2, -0.15) is 0 Å². The maximum Gasteiger partial charge on any atom is 0.191 e. The average Bonchev–Trinajstić information content (AvgIpc) is 3.48. The Labute approximate surface area is 172 Å². The van der Waals surface area contributed by atoms with E-state index in [0.717, 1.165) is 58.3 Å². The van der Waals surface area contributed by atoms with Gasteiger partial charge in [0.2, 0.25) is 0 Å². The molecule has 1 saturated heterocycles. The molecule has 1 heterocycles. The predicted octanol–water partition coefficient (Wildman–Crippen LogP) is 3.15. The molecule has 2 aliphatic rings. The fraction of sp³-hybridized carbons (Fsp3) is 0.667. The van der Waals surface area contributed by atoms with E-state index in [4.69, 9.17) is 9.73 Å². The molecule has 5 nitrogen and oxygen atoms in total. The van der Waals surface area contributed by atoms with E-state index >= 15 is 0 Å². The molecule has 0 atom stereocenters. The molecule has 6 heteroatoms. The molecular weight excluding hydrogens is 404 g/mol. The van der Waals surface area contributed by atoms with Gasteiger partial charge in [-0.3, -0.25) is 9.89 Å². The van der Waals surface area contributed by atoms with Crippen molar-refractivity contribution in [2.45, 2.75) is 38.0 Å². The van der Waals surface area contributed by atoms with Gasteiger partial charge in [0.1, 0.15) is 0 Å². The van der Waals surface area contributed by atoms with Crippen molar-refractivity contribution in [1.29, 1.82) is 0 Å². The third-order valence-corrected chi connectivity index (χ3v) is 6.17. The van der Waals surface area contributed by atoms with E-state index in [9.17, 15) is 0 Å². The van der Waals surface area contributed by atoms with Gasteiger partial charge in [-0.25, -0.2) is 0 Å². The van der Waals surface area contributed by atoms with Crippen LogP contribution in [0.15, 0.2) is 33.7 Å². The first-order chi connectivity index (χ1) is 13.2. The Kier molecular flexibility index (Phi) is 7.97. The van der Waals surface area contributed by atoms with E-state index in [0.29, 0.717) is 0 Å². The SMILES string of the molecule is CCNC(=NCC1(c2ccccc2Br)CC1)NCCCCN1CCOCC1. The Morgan fingerprint density at radius 3 is 2.67 bits per heavy atom. The largest absolute Gasteiger partial charge is 0.379 e. The molecule has 150 valence electrons. The number of nitrogens with zero attached hydrogens (tertiary/aromatic N) is 2. The highest BCUT2D eigenvalue weighted by Crippen LogP contribution is 2.50. The molecule has 27 heavy (non-hydrogen) atoms. The van der Waals surface area contributed by atoms with Gasteiger partial charge in [-0.15, -0.1) is 0 Å². The summed E-state index contributed by atoms with van der Waals surface area (Å²) in [6, 6.07) is 8.58. The second-order valence-corrected chi connectivity index (χ2v) is 8.40. The van der Waals surface area contributed by atoms with Crippen molar-refractivity contribution >= 4 is 21.9 Å². The number of unbranched alkanes of at least 4 members (excludes halogenated alkanes) is 1. The van der Waals surface area contributed by atoms with Crippen LogP contribution in [0, 0.1) is 0 Å². The van der Waals surface area contributed by atoms with Gasteiger partial charge < -0.3 is 15.4 Å². The third-order valence-electron chi connectivity index (χ3n) is 5.48. The van der Waals surface area contributed by atoms with Crippen LogP contribution in [-0.2, 0) is 10.2 Å². The van der Waals surface area contributed by atoms with E-state index in [1.54, 1.807) is 0 Å². The zero-order valence-corrected chi connectivity index (χ0v) is 18.1. The molecule has 0 unspecified atom stereocenters. The van der Waals surface area contributed by atoms with Crippen LogP contribution < -0.4 is 10.6 Å². The number of morpholine rings is 1. The standard InChI is InChI=1S/C21H33BrN4O/c1-2-23-20(24-11-5-6-12-26-13-15-27-16-14-26)25-17-21(9-10-21)18-7-3-4-8-19(18)22/h3-4,7-8H,2,5-6,9-17H2,1H3,(H2,23,24,25). The lowest BCUT2D eigenvalue weighted by Crippen LogP contribution is -2.39. The molecule has 1 aromatic rings. The fourth-order valence-electron chi connectivity index (χ4n) is 3.62. The summed E-state index contributed by atoms with van der Waals surface area (Å²) in [6.45, 7) is 9.92. The number of hydrogen-bond donors (Lipinski definition) is 2. The summed E-state index contributed by atoms with van der Waals surface area (Å²) >= 11 is 3.71. The monoisotopic (exact) mass is 436 g/mol. The van der Waals surface area contributed by atoms with Crippen LogP contribution >= 0.6 is 15.9 Å². The molecule has 0 radical (unpaired) electrons. The van der Waals surface area contributed by atoms with E-state index in [1.807, 2.05) is 0 Å². The zero-order chi connectivity index (χ0) is 19.0. The number of aliphatic imine (C=N–C) groups is 1. The van der Waals surface area contributed by atoms with Gasteiger partial charge in [0.05, 0.1) is 19.8 Å². The molecule has 1 aromatic carbocycles. The first-order valence-electron chi connectivity index (χ1n) is 10.3. The highest BCUT2D eigenvalue weighted by atomic mass is 79.9. The number of ether oxygens (including phenoxy) is 1. The molecule has 3 rings (SSSR count). The smallest absolute Gasteiger partial charge is 0.191 e. The van der Waals surface area contributed by atoms with Gasteiger partial charge >= 0.3 is 0 Å². The lowest BCUT2D eigenvalue weighted by molar-refractivity contribution is 0.0372. The predicted molar refractivity (Wildman–Crippen MR) is 116 cm³/mol. The van der Waals surface area contributed by atoms with Crippen molar-refractivity contribution in [2.24, 2.45) is 4.99 Å². The van der Waals surface area contributed by atoms with Crippen molar-refractivity contribution in [2.75, 3.05) is 52.5 Å². The molecule has 0 spiro atoms. The number of hydrogen-bond acceptors (Lipinski definition) is 3.